The number of hydrogen-bond donors (Lipinski definition) is 1. The minimum atomic E-state index is -2.82. The molecular formula is C16H30N2O2S. The normalized spacial score (nSPS) is 33.8. The summed E-state index contributed by atoms with van der Waals surface area (Å²) in [6, 6.07) is 0.177. The molecule has 3 fully saturated rings. The molecule has 122 valence electrons. The Bertz CT molecular complexity index is 473. The van der Waals surface area contributed by atoms with E-state index in [2.05, 4.69) is 11.9 Å². The summed E-state index contributed by atoms with van der Waals surface area (Å²) in [7, 11) is -0.703. The summed E-state index contributed by atoms with van der Waals surface area (Å²) in [4.78, 5) is 2.35. The van der Waals surface area contributed by atoms with Crippen LogP contribution in [0.2, 0.25) is 0 Å². The molecule has 0 amide bonds. The smallest absolute Gasteiger partial charge is 0.151 e. The summed E-state index contributed by atoms with van der Waals surface area (Å²) in [5.41, 5.74) is 6.81. The standard InChI is InChI=1S/C16H30N2O2S/c1-18(14-4-11-21(19,20)12-14)16(13-17)9-7-15(8-10-16)5-2-3-6-15/h14H,2-13,17H2,1H3. The molecule has 0 aromatic carbocycles. The van der Waals surface area contributed by atoms with Crippen LogP contribution >= 0.6 is 0 Å². The topological polar surface area (TPSA) is 63.4 Å². The third-order valence-electron chi connectivity index (χ3n) is 6.79. The molecule has 0 aromatic heterocycles. The zero-order valence-corrected chi connectivity index (χ0v) is 14.1. The van der Waals surface area contributed by atoms with Gasteiger partial charge in [0.15, 0.2) is 9.84 Å². The van der Waals surface area contributed by atoms with Crippen molar-refractivity contribution in [1.29, 1.82) is 0 Å². The average Bonchev–Trinajstić information content (AvgIpc) is 3.07. The van der Waals surface area contributed by atoms with E-state index in [1.807, 2.05) is 0 Å². The Kier molecular flexibility index (Phi) is 4.13. The van der Waals surface area contributed by atoms with E-state index >= 15 is 0 Å². The molecule has 3 aliphatic rings. The van der Waals surface area contributed by atoms with Gasteiger partial charge in [-0.15, -0.1) is 0 Å². The molecular weight excluding hydrogens is 284 g/mol. The molecule has 0 radical (unpaired) electrons. The summed E-state index contributed by atoms with van der Waals surface area (Å²) < 4.78 is 23.5. The van der Waals surface area contributed by atoms with E-state index in [4.69, 9.17) is 5.73 Å². The Morgan fingerprint density at radius 2 is 1.71 bits per heavy atom. The Balaban J connectivity index is 1.70. The second-order valence-electron chi connectivity index (χ2n) is 7.80. The summed E-state index contributed by atoms with van der Waals surface area (Å²) in [5, 5.41) is 0. The highest BCUT2D eigenvalue weighted by atomic mass is 32.2. The van der Waals surface area contributed by atoms with Crippen LogP contribution in [0.1, 0.15) is 57.8 Å². The van der Waals surface area contributed by atoms with Crippen molar-refractivity contribution in [3.05, 3.63) is 0 Å². The third-order valence-corrected chi connectivity index (χ3v) is 8.54. The number of hydrogen-bond acceptors (Lipinski definition) is 4. The number of sulfone groups is 1. The molecule has 1 saturated heterocycles. The van der Waals surface area contributed by atoms with Crippen LogP contribution in [0.5, 0.6) is 0 Å². The van der Waals surface area contributed by atoms with Gasteiger partial charge in [-0.2, -0.15) is 0 Å². The molecule has 0 aromatic rings. The van der Waals surface area contributed by atoms with Gasteiger partial charge in [0.2, 0.25) is 0 Å². The van der Waals surface area contributed by atoms with Crippen LogP contribution in [0.3, 0.4) is 0 Å². The zero-order chi connectivity index (χ0) is 15.1. The predicted octanol–water partition coefficient (Wildman–Crippen LogP) is 1.94. The lowest BCUT2D eigenvalue weighted by atomic mass is 9.65. The fraction of sp³-hybridized carbons (Fsp3) is 1.00. The van der Waals surface area contributed by atoms with Crippen molar-refractivity contribution >= 4 is 9.84 Å². The van der Waals surface area contributed by atoms with Gasteiger partial charge in [0.1, 0.15) is 0 Å². The number of nitrogens with zero attached hydrogens (tertiary/aromatic N) is 1. The second-order valence-corrected chi connectivity index (χ2v) is 10.0. The number of likely N-dealkylation sites (N-methyl/N-ethyl adjacent to an activating group) is 1. The van der Waals surface area contributed by atoms with Crippen LogP contribution in [0.25, 0.3) is 0 Å². The van der Waals surface area contributed by atoms with Gasteiger partial charge in [-0.3, -0.25) is 4.90 Å². The predicted molar refractivity (Wildman–Crippen MR) is 86.0 cm³/mol. The Morgan fingerprint density at radius 3 is 2.19 bits per heavy atom. The van der Waals surface area contributed by atoms with E-state index in [1.54, 1.807) is 0 Å². The third kappa shape index (κ3) is 2.89. The van der Waals surface area contributed by atoms with Crippen LogP contribution in [0, 0.1) is 5.41 Å². The maximum Gasteiger partial charge on any atom is 0.151 e. The van der Waals surface area contributed by atoms with Crippen LogP contribution < -0.4 is 5.73 Å². The lowest BCUT2D eigenvalue weighted by molar-refractivity contribution is 0.0104. The number of rotatable bonds is 3. The summed E-state index contributed by atoms with van der Waals surface area (Å²) in [6.07, 6.45) is 11.2. The molecule has 2 aliphatic carbocycles. The van der Waals surface area contributed by atoms with E-state index in [0.29, 0.717) is 23.5 Å². The van der Waals surface area contributed by atoms with Crippen molar-refractivity contribution in [1.82, 2.24) is 4.90 Å². The van der Waals surface area contributed by atoms with Crippen molar-refractivity contribution in [3.63, 3.8) is 0 Å². The zero-order valence-electron chi connectivity index (χ0n) is 13.3. The molecule has 1 atom stereocenters. The quantitative estimate of drug-likeness (QED) is 0.864. The Morgan fingerprint density at radius 1 is 1.10 bits per heavy atom. The molecule has 5 heteroatoms. The first kappa shape index (κ1) is 15.8. The van der Waals surface area contributed by atoms with E-state index in [0.717, 1.165) is 19.3 Å². The average molecular weight is 314 g/mol. The molecule has 2 saturated carbocycles. The van der Waals surface area contributed by atoms with Gasteiger partial charge in [-0.1, -0.05) is 12.8 Å². The lowest BCUT2D eigenvalue weighted by Gasteiger charge is -2.51. The van der Waals surface area contributed by atoms with Crippen molar-refractivity contribution in [2.75, 3.05) is 25.1 Å². The van der Waals surface area contributed by atoms with Crippen LogP contribution in [-0.4, -0.2) is 50.0 Å². The largest absolute Gasteiger partial charge is 0.329 e. The summed E-state index contributed by atoms with van der Waals surface area (Å²) >= 11 is 0. The molecule has 21 heavy (non-hydrogen) atoms. The van der Waals surface area contributed by atoms with Crippen molar-refractivity contribution in [2.45, 2.75) is 69.4 Å². The van der Waals surface area contributed by atoms with Crippen molar-refractivity contribution in [2.24, 2.45) is 11.1 Å². The molecule has 1 aliphatic heterocycles. The molecule has 1 heterocycles. The number of nitrogens with two attached hydrogens (primary N) is 1. The minimum Gasteiger partial charge on any atom is -0.329 e. The van der Waals surface area contributed by atoms with Crippen LogP contribution in [-0.2, 0) is 9.84 Å². The summed E-state index contributed by atoms with van der Waals surface area (Å²) in [6.45, 7) is 0.663. The molecule has 2 N–H and O–H groups in total. The monoisotopic (exact) mass is 314 g/mol. The Hall–Kier alpha value is -0.130. The van der Waals surface area contributed by atoms with E-state index in [1.165, 1.54) is 38.5 Å². The first-order chi connectivity index (χ1) is 9.90. The molecule has 1 spiro atoms. The van der Waals surface area contributed by atoms with Crippen molar-refractivity contribution < 1.29 is 8.42 Å². The van der Waals surface area contributed by atoms with Gasteiger partial charge < -0.3 is 5.73 Å². The SMILES string of the molecule is CN(C1CCS(=O)(=O)C1)C1(CN)CCC2(CCCC2)CC1. The first-order valence-corrected chi connectivity index (χ1v) is 10.4. The maximum atomic E-state index is 11.8. The van der Waals surface area contributed by atoms with Gasteiger partial charge >= 0.3 is 0 Å². The van der Waals surface area contributed by atoms with E-state index in [-0.39, 0.29) is 11.6 Å². The highest BCUT2D eigenvalue weighted by molar-refractivity contribution is 7.91. The summed E-state index contributed by atoms with van der Waals surface area (Å²) in [5.74, 6) is 0.684. The fourth-order valence-corrected chi connectivity index (χ4v) is 6.81. The Labute approximate surface area is 129 Å². The van der Waals surface area contributed by atoms with Crippen LogP contribution in [0.15, 0.2) is 0 Å². The molecule has 1 unspecified atom stereocenters. The fourth-order valence-electron chi connectivity index (χ4n) is 5.04. The molecule has 0 bridgehead atoms. The first-order valence-electron chi connectivity index (χ1n) is 8.54. The van der Waals surface area contributed by atoms with Crippen molar-refractivity contribution in [3.8, 4) is 0 Å². The van der Waals surface area contributed by atoms with Gasteiger partial charge in [-0.25, -0.2) is 8.42 Å². The highest BCUT2D eigenvalue weighted by Gasteiger charge is 2.47. The minimum absolute atomic E-state index is 0.0400. The van der Waals surface area contributed by atoms with Gasteiger partial charge in [0.05, 0.1) is 11.5 Å². The van der Waals surface area contributed by atoms with Crippen LogP contribution in [0.4, 0.5) is 0 Å². The van der Waals surface area contributed by atoms with E-state index < -0.39 is 9.84 Å². The van der Waals surface area contributed by atoms with E-state index in [9.17, 15) is 8.42 Å². The van der Waals surface area contributed by atoms with Gasteiger partial charge in [0.25, 0.3) is 0 Å². The molecule has 3 rings (SSSR count). The second kappa shape index (κ2) is 5.50. The lowest BCUT2D eigenvalue weighted by Crippen LogP contribution is -2.58. The molecule has 4 nitrogen and oxygen atoms in total. The highest BCUT2D eigenvalue weighted by Crippen LogP contribution is 2.52. The van der Waals surface area contributed by atoms with Gasteiger partial charge in [-0.05, 0) is 57.4 Å². The maximum absolute atomic E-state index is 11.8. The van der Waals surface area contributed by atoms with Gasteiger partial charge in [0, 0.05) is 18.1 Å².